The average Bonchev–Trinajstić information content (AvgIpc) is 2.91. The summed E-state index contributed by atoms with van der Waals surface area (Å²) >= 11 is 0. The number of sulfonamides is 1. The van der Waals surface area contributed by atoms with E-state index in [4.69, 9.17) is 14.7 Å². The maximum atomic E-state index is 12.5. The Hall–Kier alpha value is -1.46. The van der Waals surface area contributed by atoms with Crippen LogP contribution in [0.25, 0.3) is 0 Å². The van der Waals surface area contributed by atoms with Crippen molar-refractivity contribution < 1.29 is 17.9 Å². The lowest BCUT2D eigenvalue weighted by Gasteiger charge is -2.16. The van der Waals surface area contributed by atoms with Crippen LogP contribution in [0.15, 0.2) is 24.3 Å². The highest BCUT2D eigenvalue weighted by Gasteiger charge is 2.39. The van der Waals surface area contributed by atoms with Crippen LogP contribution in [0.1, 0.15) is 11.1 Å². The monoisotopic (exact) mass is 310 g/mol. The summed E-state index contributed by atoms with van der Waals surface area (Å²) in [6.07, 6.45) is -0.535. The molecule has 1 aliphatic heterocycles. The lowest BCUT2D eigenvalue weighted by Crippen LogP contribution is -2.31. The summed E-state index contributed by atoms with van der Waals surface area (Å²) in [5, 5.41) is 9.04. The number of methoxy groups -OCH3 is 2. The van der Waals surface area contributed by atoms with Gasteiger partial charge in [0.05, 0.1) is 29.6 Å². The lowest BCUT2D eigenvalue weighted by atomic mass is 10.1. The zero-order chi connectivity index (χ0) is 15.5. The highest BCUT2D eigenvalue weighted by atomic mass is 32.2. The summed E-state index contributed by atoms with van der Waals surface area (Å²) in [5.74, 6) is -0.191. The van der Waals surface area contributed by atoms with Gasteiger partial charge in [0.25, 0.3) is 0 Å². The first kappa shape index (κ1) is 15.9. The molecule has 1 saturated heterocycles. The summed E-state index contributed by atoms with van der Waals surface area (Å²) in [4.78, 5) is 0. The van der Waals surface area contributed by atoms with Crippen molar-refractivity contribution in [2.75, 3.05) is 27.3 Å². The van der Waals surface area contributed by atoms with Gasteiger partial charge < -0.3 is 9.47 Å². The van der Waals surface area contributed by atoms with E-state index in [1.165, 1.54) is 18.5 Å². The topological polar surface area (TPSA) is 79.6 Å². The molecule has 0 radical (unpaired) electrons. The van der Waals surface area contributed by atoms with Crippen LogP contribution in [-0.4, -0.2) is 52.2 Å². The normalized spacial score (nSPS) is 23.1. The van der Waals surface area contributed by atoms with Crippen molar-refractivity contribution in [3.8, 4) is 6.07 Å². The third-order valence-electron chi connectivity index (χ3n) is 3.66. The Balaban J connectivity index is 2.18. The number of hydrogen-bond acceptors (Lipinski definition) is 5. The zero-order valence-electron chi connectivity index (χ0n) is 12.0. The lowest BCUT2D eigenvalue weighted by molar-refractivity contribution is -0.00461. The second-order valence-electron chi connectivity index (χ2n) is 4.89. The van der Waals surface area contributed by atoms with Crippen molar-refractivity contribution >= 4 is 10.0 Å². The van der Waals surface area contributed by atoms with Crippen LogP contribution in [0.2, 0.25) is 0 Å². The highest BCUT2D eigenvalue weighted by molar-refractivity contribution is 7.88. The maximum absolute atomic E-state index is 12.5. The van der Waals surface area contributed by atoms with Gasteiger partial charge in [-0.2, -0.15) is 9.57 Å². The number of nitrogens with zero attached hydrogens (tertiary/aromatic N) is 2. The molecule has 2 atom stereocenters. The van der Waals surface area contributed by atoms with Crippen LogP contribution >= 0.6 is 0 Å². The summed E-state index contributed by atoms with van der Waals surface area (Å²) in [5.41, 5.74) is 0.890. The van der Waals surface area contributed by atoms with Gasteiger partial charge in [0.1, 0.15) is 0 Å². The van der Waals surface area contributed by atoms with Gasteiger partial charge in [-0.1, -0.05) is 18.2 Å². The van der Waals surface area contributed by atoms with Gasteiger partial charge in [-0.3, -0.25) is 0 Å². The fourth-order valence-corrected chi connectivity index (χ4v) is 4.01. The van der Waals surface area contributed by atoms with Gasteiger partial charge in [0.2, 0.25) is 10.0 Å². The molecular formula is C14H18N2O4S. The van der Waals surface area contributed by atoms with E-state index >= 15 is 0 Å². The van der Waals surface area contributed by atoms with Crippen LogP contribution in [0, 0.1) is 11.3 Å². The largest absolute Gasteiger partial charge is 0.377 e. The van der Waals surface area contributed by atoms with Crippen LogP contribution < -0.4 is 0 Å². The molecule has 21 heavy (non-hydrogen) atoms. The highest BCUT2D eigenvalue weighted by Crippen LogP contribution is 2.22. The van der Waals surface area contributed by atoms with Gasteiger partial charge in [-0.05, 0) is 11.6 Å². The molecule has 0 aromatic heterocycles. The minimum atomic E-state index is -3.51. The minimum Gasteiger partial charge on any atom is -0.377 e. The third-order valence-corrected chi connectivity index (χ3v) is 5.42. The van der Waals surface area contributed by atoms with E-state index in [1.54, 1.807) is 24.3 Å². The number of ether oxygens (including phenoxy) is 2. The Morgan fingerprint density at radius 2 is 1.81 bits per heavy atom. The van der Waals surface area contributed by atoms with Crippen molar-refractivity contribution in [3.05, 3.63) is 35.4 Å². The van der Waals surface area contributed by atoms with E-state index in [0.717, 1.165) is 0 Å². The van der Waals surface area contributed by atoms with Gasteiger partial charge in [0, 0.05) is 27.3 Å². The molecule has 0 amide bonds. The van der Waals surface area contributed by atoms with Crippen molar-refractivity contribution in [1.29, 1.82) is 5.26 Å². The molecule has 2 rings (SSSR count). The molecule has 1 aromatic rings. The average molecular weight is 310 g/mol. The Morgan fingerprint density at radius 1 is 1.24 bits per heavy atom. The van der Waals surface area contributed by atoms with Gasteiger partial charge in [0.15, 0.2) is 0 Å². The first-order chi connectivity index (χ1) is 10.0. The number of nitriles is 1. The molecule has 1 aliphatic rings. The summed E-state index contributed by atoms with van der Waals surface area (Å²) in [7, 11) is -0.431. The second kappa shape index (κ2) is 6.54. The molecule has 1 fully saturated rings. The van der Waals surface area contributed by atoms with Gasteiger partial charge >= 0.3 is 0 Å². The van der Waals surface area contributed by atoms with E-state index in [-0.39, 0.29) is 31.1 Å². The van der Waals surface area contributed by atoms with E-state index < -0.39 is 10.0 Å². The summed E-state index contributed by atoms with van der Waals surface area (Å²) < 4.78 is 36.9. The molecule has 2 unspecified atom stereocenters. The molecule has 6 nitrogen and oxygen atoms in total. The zero-order valence-corrected chi connectivity index (χ0v) is 12.8. The molecule has 7 heteroatoms. The molecule has 114 valence electrons. The Kier molecular flexibility index (Phi) is 4.96. The predicted molar refractivity (Wildman–Crippen MR) is 76.9 cm³/mol. The molecule has 0 N–H and O–H groups in total. The third kappa shape index (κ3) is 3.41. The van der Waals surface area contributed by atoms with Gasteiger partial charge in [-0.25, -0.2) is 8.42 Å². The van der Waals surface area contributed by atoms with Crippen molar-refractivity contribution in [1.82, 2.24) is 4.31 Å². The van der Waals surface area contributed by atoms with E-state index in [2.05, 4.69) is 0 Å². The molecule has 1 heterocycles. The van der Waals surface area contributed by atoms with Crippen molar-refractivity contribution in [3.63, 3.8) is 0 Å². The number of benzene rings is 1. The predicted octanol–water partition coefficient (Wildman–Crippen LogP) is 0.734. The molecular weight excluding hydrogens is 292 g/mol. The first-order valence-corrected chi connectivity index (χ1v) is 8.14. The molecule has 1 aromatic carbocycles. The standard InChI is InChI=1S/C14H18N2O4S/c1-19-13-8-16(9-14(13)20-2)21(17,18)10-12-6-4-3-5-11(12)7-15/h3-6,13-14H,8-10H2,1-2H3. The Labute approximate surface area is 124 Å². The van der Waals surface area contributed by atoms with E-state index in [1.807, 2.05) is 6.07 Å². The molecule has 0 saturated carbocycles. The Morgan fingerprint density at radius 3 is 2.33 bits per heavy atom. The fraction of sp³-hybridized carbons (Fsp3) is 0.500. The van der Waals surface area contributed by atoms with Gasteiger partial charge in [-0.15, -0.1) is 0 Å². The number of hydrogen-bond donors (Lipinski definition) is 0. The SMILES string of the molecule is COC1CN(S(=O)(=O)Cc2ccccc2C#N)CC1OC. The van der Waals surface area contributed by atoms with Crippen LogP contribution in [0.3, 0.4) is 0 Å². The molecule has 0 aliphatic carbocycles. The summed E-state index contributed by atoms with van der Waals surface area (Å²) in [6, 6.07) is 8.74. The number of rotatable bonds is 5. The van der Waals surface area contributed by atoms with Crippen molar-refractivity contribution in [2.24, 2.45) is 0 Å². The van der Waals surface area contributed by atoms with Crippen LogP contribution in [0.4, 0.5) is 0 Å². The maximum Gasteiger partial charge on any atom is 0.218 e. The minimum absolute atomic E-state index is 0.191. The second-order valence-corrected chi connectivity index (χ2v) is 6.86. The first-order valence-electron chi connectivity index (χ1n) is 6.53. The smallest absolute Gasteiger partial charge is 0.218 e. The molecule has 0 spiro atoms. The van der Waals surface area contributed by atoms with Crippen LogP contribution in [-0.2, 0) is 25.2 Å². The van der Waals surface area contributed by atoms with Crippen LogP contribution in [0.5, 0.6) is 0 Å². The Bertz CT molecular complexity index is 627. The quantitative estimate of drug-likeness (QED) is 0.801. The van der Waals surface area contributed by atoms with E-state index in [0.29, 0.717) is 11.1 Å². The summed E-state index contributed by atoms with van der Waals surface area (Å²) in [6.45, 7) is 0.540. The van der Waals surface area contributed by atoms with E-state index in [9.17, 15) is 8.42 Å². The van der Waals surface area contributed by atoms with Crippen molar-refractivity contribution in [2.45, 2.75) is 18.0 Å². The molecule has 0 bridgehead atoms. The fourth-order valence-electron chi connectivity index (χ4n) is 2.43.